The molecule has 6 nitrogen and oxygen atoms in total. The third kappa shape index (κ3) is 4.36. The minimum absolute atomic E-state index is 0.0816. The zero-order valence-electron chi connectivity index (χ0n) is 16.8. The van der Waals surface area contributed by atoms with Crippen LogP contribution in [0.2, 0.25) is 0 Å². The van der Waals surface area contributed by atoms with Crippen LogP contribution in [0.1, 0.15) is 27.0 Å². The molecule has 2 aromatic carbocycles. The maximum atomic E-state index is 13.0. The molecule has 1 fully saturated rings. The highest BCUT2D eigenvalue weighted by atomic mass is 32.2. The fourth-order valence-corrected chi connectivity index (χ4v) is 4.68. The van der Waals surface area contributed by atoms with Gasteiger partial charge in [-0.15, -0.1) is 5.69 Å². The van der Waals surface area contributed by atoms with Crippen LogP contribution < -0.4 is 4.90 Å². The molecule has 0 radical (unpaired) electrons. The molecule has 1 saturated heterocycles. The number of quaternary nitrogens is 1. The number of amides is 1. The summed E-state index contributed by atoms with van der Waals surface area (Å²) in [6.45, 7) is 8.64. The van der Waals surface area contributed by atoms with E-state index in [4.69, 9.17) is 0 Å². The fraction of sp³-hybridized carbons (Fsp3) is 0.381. The summed E-state index contributed by atoms with van der Waals surface area (Å²) in [5.74, 6) is -0.129. The van der Waals surface area contributed by atoms with Gasteiger partial charge in [0.15, 0.2) is 0 Å². The van der Waals surface area contributed by atoms with E-state index in [0.717, 1.165) is 24.2 Å². The molecule has 150 valence electrons. The third-order valence-corrected chi connectivity index (χ3v) is 6.62. The average molecular weight is 402 g/mol. The van der Waals surface area contributed by atoms with Gasteiger partial charge in [-0.3, -0.25) is 4.79 Å². The molecule has 1 aliphatic heterocycles. The lowest BCUT2D eigenvalue weighted by Crippen LogP contribution is -3.12. The van der Waals surface area contributed by atoms with Gasteiger partial charge >= 0.3 is 0 Å². The summed E-state index contributed by atoms with van der Waals surface area (Å²) in [4.78, 5) is 16.1. The highest BCUT2D eigenvalue weighted by Crippen LogP contribution is 2.32. The molecule has 0 atom stereocenters. The molecule has 1 aliphatic rings. The first kappa shape index (κ1) is 20.4. The van der Waals surface area contributed by atoms with E-state index in [1.165, 1.54) is 11.0 Å². The van der Waals surface area contributed by atoms with E-state index in [-0.39, 0.29) is 10.8 Å². The van der Waals surface area contributed by atoms with Crippen LogP contribution in [0.25, 0.3) is 4.72 Å². The lowest BCUT2D eigenvalue weighted by molar-refractivity contribution is -0.883. The highest BCUT2D eigenvalue weighted by Gasteiger charge is 2.23. The van der Waals surface area contributed by atoms with Gasteiger partial charge in [0.1, 0.15) is 10.0 Å². The minimum Gasteiger partial charge on any atom is -0.572 e. The molecule has 1 N–H and O–H groups in total. The second-order valence-corrected chi connectivity index (χ2v) is 9.16. The van der Waals surface area contributed by atoms with Gasteiger partial charge in [-0.05, 0) is 38.5 Å². The average Bonchev–Trinajstić information content (AvgIpc) is 2.64. The second-order valence-electron chi connectivity index (χ2n) is 7.59. The number of nitrogens with zero attached hydrogens (tertiary/aromatic N) is 2. The second kappa shape index (κ2) is 7.93. The van der Waals surface area contributed by atoms with Crippen molar-refractivity contribution < 1.29 is 18.1 Å². The van der Waals surface area contributed by atoms with Crippen molar-refractivity contribution in [2.75, 3.05) is 33.2 Å². The highest BCUT2D eigenvalue weighted by molar-refractivity contribution is 7.94. The Kier molecular flexibility index (Phi) is 5.76. The topological polar surface area (TPSA) is 73.0 Å². The van der Waals surface area contributed by atoms with Crippen LogP contribution in [0.4, 0.5) is 5.69 Å². The van der Waals surface area contributed by atoms with Crippen LogP contribution in [0.15, 0.2) is 41.3 Å². The molecule has 28 heavy (non-hydrogen) atoms. The van der Waals surface area contributed by atoms with Gasteiger partial charge in [-0.1, -0.05) is 35.4 Å². The Balaban J connectivity index is 1.88. The summed E-state index contributed by atoms with van der Waals surface area (Å²) in [6.07, 6.45) is 0. The lowest BCUT2D eigenvalue weighted by atomic mass is 10.1. The fourth-order valence-electron chi connectivity index (χ4n) is 3.37. The number of hydrogen-bond acceptors (Lipinski definition) is 3. The van der Waals surface area contributed by atoms with Crippen molar-refractivity contribution in [3.63, 3.8) is 0 Å². The van der Waals surface area contributed by atoms with E-state index >= 15 is 0 Å². The summed E-state index contributed by atoms with van der Waals surface area (Å²) in [6, 6.07) is 10.3. The number of nitrogens with one attached hydrogen (secondary N) is 1. The maximum absolute atomic E-state index is 13.0. The SMILES string of the molecule is Cc1ccc([N-]S(=O)(=O)c2cc(C(=O)N3CC[NH+](C)CC3)ccc2C)c(C)c1. The van der Waals surface area contributed by atoms with Crippen molar-refractivity contribution in [1.82, 2.24) is 4.90 Å². The van der Waals surface area contributed by atoms with Gasteiger partial charge < -0.3 is 14.5 Å². The van der Waals surface area contributed by atoms with Gasteiger partial charge in [0.2, 0.25) is 0 Å². The predicted octanol–water partition coefficient (Wildman–Crippen LogP) is 1.98. The summed E-state index contributed by atoms with van der Waals surface area (Å²) >= 11 is 0. The molecular weight excluding hydrogens is 374 g/mol. The van der Waals surface area contributed by atoms with Crippen LogP contribution in [-0.2, 0) is 10.0 Å². The molecule has 0 saturated carbocycles. The van der Waals surface area contributed by atoms with Gasteiger partial charge in [0.25, 0.3) is 5.91 Å². The van der Waals surface area contributed by atoms with E-state index < -0.39 is 10.0 Å². The van der Waals surface area contributed by atoms with Crippen molar-refractivity contribution in [1.29, 1.82) is 0 Å². The normalized spacial score (nSPS) is 15.5. The van der Waals surface area contributed by atoms with Gasteiger partial charge in [-0.2, -0.15) is 0 Å². The van der Waals surface area contributed by atoms with Gasteiger partial charge in [-0.25, -0.2) is 8.42 Å². The number of sulfonamides is 1. The Morgan fingerprint density at radius 2 is 1.68 bits per heavy atom. The molecule has 0 aliphatic carbocycles. The van der Waals surface area contributed by atoms with Crippen molar-refractivity contribution in [2.24, 2.45) is 0 Å². The lowest BCUT2D eigenvalue weighted by Gasteiger charge is -2.30. The van der Waals surface area contributed by atoms with Crippen LogP contribution in [0.3, 0.4) is 0 Å². The number of carbonyl (C=O) groups excluding carboxylic acids is 1. The van der Waals surface area contributed by atoms with Crippen LogP contribution in [0, 0.1) is 20.8 Å². The predicted molar refractivity (Wildman–Crippen MR) is 110 cm³/mol. The number of rotatable bonds is 4. The zero-order valence-corrected chi connectivity index (χ0v) is 17.6. The Hall–Kier alpha value is -2.38. The molecule has 1 heterocycles. The first-order valence-electron chi connectivity index (χ1n) is 9.44. The van der Waals surface area contributed by atoms with E-state index in [1.807, 2.05) is 26.0 Å². The number of likely N-dealkylation sites (N-methyl/N-ethyl adjacent to an activating group) is 1. The summed E-state index contributed by atoms with van der Waals surface area (Å²) in [5, 5.41) is 0. The largest absolute Gasteiger partial charge is 0.572 e. The molecule has 0 bridgehead atoms. The molecule has 0 spiro atoms. The quantitative estimate of drug-likeness (QED) is 0.851. The maximum Gasteiger partial charge on any atom is 0.254 e. The van der Waals surface area contributed by atoms with Crippen LogP contribution in [-0.4, -0.2) is 52.5 Å². The number of benzene rings is 2. The monoisotopic (exact) mass is 401 g/mol. The standard InChI is InChI=1S/C21H26N3O3S/c1-15-5-8-19(17(3)13-15)22-28(26,27)20-14-18(7-6-16(20)2)21(25)24-11-9-23(4)10-12-24/h5-8,13-14H,9-12H2,1-4H3/q-1/p+1. The number of hydrogen-bond donors (Lipinski definition) is 1. The molecule has 0 unspecified atom stereocenters. The molecule has 0 aromatic heterocycles. The minimum atomic E-state index is -3.92. The third-order valence-electron chi connectivity index (χ3n) is 5.19. The molecule has 2 aromatic rings. The first-order valence-corrected chi connectivity index (χ1v) is 10.9. The van der Waals surface area contributed by atoms with Gasteiger partial charge in [0.05, 0.1) is 38.1 Å². The summed E-state index contributed by atoms with van der Waals surface area (Å²) < 4.78 is 29.9. The Morgan fingerprint density at radius 3 is 2.32 bits per heavy atom. The smallest absolute Gasteiger partial charge is 0.254 e. The van der Waals surface area contributed by atoms with Crippen LogP contribution >= 0.6 is 0 Å². The first-order chi connectivity index (χ1) is 13.2. The van der Waals surface area contributed by atoms with E-state index in [0.29, 0.717) is 29.9 Å². The van der Waals surface area contributed by atoms with Crippen molar-refractivity contribution >= 4 is 21.6 Å². The number of carbonyl (C=O) groups is 1. The van der Waals surface area contributed by atoms with Crippen molar-refractivity contribution in [3.8, 4) is 0 Å². The number of piperazine rings is 1. The number of aryl methyl sites for hydroxylation is 3. The van der Waals surface area contributed by atoms with E-state index in [9.17, 15) is 13.2 Å². The summed E-state index contributed by atoms with van der Waals surface area (Å²) in [7, 11) is -1.82. The van der Waals surface area contributed by atoms with E-state index in [2.05, 4.69) is 11.8 Å². The summed E-state index contributed by atoms with van der Waals surface area (Å²) in [5.41, 5.74) is 3.23. The molecular formula is C21H27N3O3S. The Labute approximate surface area is 167 Å². The van der Waals surface area contributed by atoms with Crippen molar-refractivity contribution in [2.45, 2.75) is 25.7 Å². The molecule has 7 heteroatoms. The molecule has 3 rings (SSSR count). The molecule has 1 amide bonds. The van der Waals surface area contributed by atoms with E-state index in [1.54, 1.807) is 30.0 Å². The van der Waals surface area contributed by atoms with Gasteiger partial charge in [0, 0.05) is 5.56 Å². The Bertz CT molecular complexity index is 994. The zero-order chi connectivity index (χ0) is 20.5. The Morgan fingerprint density at radius 1 is 1.00 bits per heavy atom. The van der Waals surface area contributed by atoms with Crippen LogP contribution in [0.5, 0.6) is 0 Å². The van der Waals surface area contributed by atoms with Crippen molar-refractivity contribution in [3.05, 3.63) is 63.4 Å².